The Morgan fingerprint density at radius 3 is 2.57 bits per heavy atom. The van der Waals surface area contributed by atoms with Crippen molar-refractivity contribution in [2.24, 2.45) is 0 Å². The Hall–Kier alpha value is -2.84. The Balaban J connectivity index is 1.83. The summed E-state index contributed by atoms with van der Waals surface area (Å²) < 4.78 is 26.7. The normalized spacial score (nSPS) is 11.8. The lowest BCUT2D eigenvalue weighted by atomic mass is 10.1. The molecule has 0 saturated carbocycles. The first-order valence-corrected chi connectivity index (χ1v) is 10.5. The van der Waals surface area contributed by atoms with E-state index in [0.29, 0.717) is 13.1 Å². The van der Waals surface area contributed by atoms with Crippen molar-refractivity contribution in [1.29, 1.82) is 0 Å². The number of fused-ring (bicyclic) bond motifs is 1. The van der Waals surface area contributed by atoms with Crippen LogP contribution in [-0.4, -0.2) is 41.8 Å². The van der Waals surface area contributed by atoms with Gasteiger partial charge in [-0.1, -0.05) is 32.0 Å². The Kier molecular flexibility index (Phi) is 5.71. The van der Waals surface area contributed by atoms with E-state index < -0.39 is 10.0 Å². The average molecular weight is 401 g/mol. The minimum absolute atomic E-state index is 0.0244. The fourth-order valence-corrected chi connectivity index (χ4v) is 4.62. The van der Waals surface area contributed by atoms with Crippen LogP contribution in [0.2, 0.25) is 0 Å². The van der Waals surface area contributed by atoms with Gasteiger partial charge in [0.1, 0.15) is 5.75 Å². The lowest BCUT2D eigenvalue weighted by molar-refractivity contribution is -0.115. The van der Waals surface area contributed by atoms with Crippen LogP contribution in [0.4, 0.5) is 5.69 Å². The van der Waals surface area contributed by atoms with Crippen molar-refractivity contribution < 1.29 is 18.3 Å². The smallest absolute Gasteiger partial charge is 0.243 e. The maximum Gasteiger partial charge on any atom is 0.243 e. The molecule has 1 amide bonds. The van der Waals surface area contributed by atoms with E-state index in [4.69, 9.17) is 0 Å². The Bertz CT molecular complexity index is 1100. The van der Waals surface area contributed by atoms with Gasteiger partial charge in [-0.3, -0.25) is 4.79 Å². The largest absolute Gasteiger partial charge is 0.506 e. The number of para-hydroxylation sites is 1. The third-order valence-corrected chi connectivity index (χ3v) is 6.66. The van der Waals surface area contributed by atoms with Crippen LogP contribution >= 0.6 is 0 Å². The molecule has 0 aliphatic heterocycles. The molecule has 0 bridgehead atoms. The molecule has 1 heterocycles. The van der Waals surface area contributed by atoms with Crippen molar-refractivity contribution in [1.82, 2.24) is 9.29 Å². The van der Waals surface area contributed by atoms with E-state index in [1.807, 2.05) is 24.3 Å². The van der Waals surface area contributed by atoms with Crippen molar-refractivity contribution in [3.05, 3.63) is 54.2 Å². The average Bonchev–Trinajstić information content (AvgIpc) is 3.07. The van der Waals surface area contributed by atoms with Crippen molar-refractivity contribution in [3.8, 4) is 5.75 Å². The first-order valence-electron chi connectivity index (χ1n) is 9.04. The molecule has 0 fully saturated rings. The summed E-state index contributed by atoms with van der Waals surface area (Å²) in [6, 6.07) is 11.5. The molecule has 0 aliphatic carbocycles. The zero-order valence-electron chi connectivity index (χ0n) is 15.8. The lowest BCUT2D eigenvalue weighted by Crippen LogP contribution is -2.30. The fraction of sp³-hybridized carbons (Fsp3) is 0.250. The summed E-state index contributed by atoms with van der Waals surface area (Å²) in [7, 11) is -3.69. The van der Waals surface area contributed by atoms with Crippen LogP contribution in [0.5, 0.6) is 5.75 Å². The number of anilines is 1. The summed E-state index contributed by atoms with van der Waals surface area (Å²) in [4.78, 5) is 15.6. The molecule has 3 N–H and O–H groups in total. The Morgan fingerprint density at radius 1 is 1.14 bits per heavy atom. The second kappa shape index (κ2) is 8.04. The number of amides is 1. The quantitative estimate of drug-likeness (QED) is 0.529. The zero-order valence-corrected chi connectivity index (χ0v) is 16.6. The SMILES string of the molecule is CCN(CC)S(=O)(=O)c1ccc(O)c(NC(=O)Cc2c[nH]c3ccccc23)c1. The topological polar surface area (TPSA) is 102 Å². The molecule has 0 spiro atoms. The number of carbonyl (C=O) groups is 1. The Labute approximate surface area is 164 Å². The van der Waals surface area contributed by atoms with Crippen LogP contribution in [-0.2, 0) is 21.2 Å². The molecule has 0 unspecified atom stereocenters. The van der Waals surface area contributed by atoms with Gasteiger partial charge in [-0.15, -0.1) is 0 Å². The highest BCUT2D eigenvalue weighted by Gasteiger charge is 2.23. The molecule has 0 saturated heterocycles. The number of benzene rings is 2. The summed E-state index contributed by atoms with van der Waals surface area (Å²) in [5.41, 5.74) is 1.82. The molecule has 0 atom stereocenters. The van der Waals surface area contributed by atoms with E-state index in [9.17, 15) is 18.3 Å². The number of rotatable bonds is 7. The minimum atomic E-state index is -3.69. The maximum atomic E-state index is 12.7. The highest BCUT2D eigenvalue weighted by Crippen LogP contribution is 2.28. The maximum absolute atomic E-state index is 12.7. The number of hydrogen-bond acceptors (Lipinski definition) is 4. The van der Waals surface area contributed by atoms with Crippen LogP contribution in [0.15, 0.2) is 53.6 Å². The molecular formula is C20H23N3O4S. The summed E-state index contributed by atoms with van der Waals surface area (Å²) in [6.07, 6.45) is 1.86. The van der Waals surface area contributed by atoms with Gasteiger partial charge in [-0.05, 0) is 29.8 Å². The number of carbonyl (C=O) groups excluding carboxylic acids is 1. The molecule has 7 nitrogen and oxygen atoms in total. The van der Waals surface area contributed by atoms with Gasteiger partial charge in [0.2, 0.25) is 15.9 Å². The monoisotopic (exact) mass is 401 g/mol. The molecule has 28 heavy (non-hydrogen) atoms. The van der Waals surface area contributed by atoms with Crippen LogP contribution in [0.25, 0.3) is 10.9 Å². The van der Waals surface area contributed by atoms with E-state index in [0.717, 1.165) is 16.5 Å². The van der Waals surface area contributed by atoms with Crippen LogP contribution in [0, 0.1) is 0 Å². The highest BCUT2D eigenvalue weighted by atomic mass is 32.2. The van der Waals surface area contributed by atoms with Gasteiger partial charge in [0, 0.05) is 30.2 Å². The minimum Gasteiger partial charge on any atom is -0.506 e. The first-order chi connectivity index (χ1) is 13.4. The first kappa shape index (κ1) is 19.9. The Morgan fingerprint density at radius 2 is 1.86 bits per heavy atom. The molecule has 0 radical (unpaired) electrons. The van der Waals surface area contributed by atoms with Crippen LogP contribution in [0.3, 0.4) is 0 Å². The number of phenols is 1. The number of H-pyrrole nitrogens is 1. The predicted molar refractivity (Wildman–Crippen MR) is 109 cm³/mol. The van der Waals surface area contributed by atoms with Gasteiger partial charge in [0.25, 0.3) is 0 Å². The fourth-order valence-electron chi connectivity index (χ4n) is 3.13. The van der Waals surface area contributed by atoms with E-state index in [1.54, 1.807) is 20.0 Å². The number of aromatic amines is 1. The van der Waals surface area contributed by atoms with Gasteiger partial charge < -0.3 is 15.4 Å². The number of nitrogens with one attached hydrogen (secondary N) is 2. The summed E-state index contributed by atoms with van der Waals surface area (Å²) >= 11 is 0. The molecule has 0 aliphatic rings. The number of nitrogens with zero attached hydrogens (tertiary/aromatic N) is 1. The van der Waals surface area contributed by atoms with Crippen molar-refractivity contribution in [2.75, 3.05) is 18.4 Å². The van der Waals surface area contributed by atoms with Gasteiger partial charge >= 0.3 is 0 Å². The third-order valence-electron chi connectivity index (χ3n) is 4.61. The second-order valence-electron chi connectivity index (χ2n) is 6.35. The predicted octanol–water partition coefficient (Wildman–Crippen LogP) is 3.09. The highest BCUT2D eigenvalue weighted by molar-refractivity contribution is 7.89. The van der Waals surface area contributed by atoms with E-state index >= 15 is 0 Å². The molecule has 3 aromatic rings. The third kappa shape index (κ3) is 3.88. The zero-order chi connectivity index (χ0) is 20.3. The van der Waals surface area contributed by atoms with Crippen molar-refractivity contribution in [3.63, 3.8) is 0 Å². The van der Waals surface area contributed by atoms with Gasteiger partial charge in [-0.25, -0.2) is 8.42 Å². The molecule has 1 aromatic heterocycles. The van der Waals surface area contributed by atoms with E-state index in [2.05, 4.69) is 10.3 Å². The second-order valence-corrected chi connectivity index (χ2v) is 8.29. The number of phenolic OH excluding ortho intramolecular Hbond substituents is 1. The summed E-state index contributed by atoms with van der Waals surface area (Å²) in [5, 5.41) is 13.6. The standard InChI is InChI=1S/C20H23N3O4S/c1-3-23(4-2)28(26,27)15-9-10-19(24)18(12-15)22-20(25)11-14-13-21-17-8-6-5-7-16(14)17/h5-10,12-13,21,24H,3-4,11H2,1-2H3,(H,22,25). The van der Waals surface area contributed by atoms with Gasteiger partial charge in [0.15, 0.2) is 0 Å². The van der Waals surface area contributed by atoms with Crippen LogP contribution in [0.1, 0.15) is 19.4 Å². The van der Waals surface area contributed by atoms with Crippen molar-refractivity contribution in [2.45, 2.75) is 25.2 Å². The van der Waals surface area contributed by atoms with Gasteiger partial charge in [-0.2, -0.15) is 4.31 Å². The summed E-state index contributed by atoms with van der Waals surface area (Å²) in [5.74, 6) is -0.539. The number of sulfonamides is 1. The van der Waals surface area contributed by atoms with E-state index in [-0.39, 0.29) is 28.7 Å². The summed E-state index contributed by atoms with van der Waals surface area (Å²) in [6.45, 7) is 4.18. The molecular weight excluding hydrogens is 378 g/mol. The van der Waals surface area contributed by atoms with Gasteiger partial charge in [0.05, 0.1) is 17.0 Å². The van der Waals surface area contributed by atoms with E-state index in [1.165, 1.54) is 22.5 Å². The van der Waals surface area contributed by atoms with Crippen LogP contribution < -0.4 is 5.32 Å². The van der Waals surface area contributed by atoms with Crippen molar-refractivity contribution >= 4 is 32.5 Å². The molecule has 3 rings (SSSR count). The lowest BCUT2D eigenvalue weighted by Gasteiger charge is -2.19. The number of aromatic nitrogens is 1. The number of hydrogen-bond donors (Lipinski definition) is 3. The number of aromatic hydroxyl groups is 1. The molecule has 2 aromatic carbocycles. The molecule has 148 valence electrons. The molecule has 8 heteroatoms.